The molecule has 1 aromatic heterocycles. The van der Waals surface area contributed by atoms with Crippen LogP contribution in [-0.4, -0.2) is 41.7 Å². The lowest BCUT2D eigenvalue weighted by Gasteiger charge is -2.43. The van der Waals surface area contributed by atoms with E-state index in [1.165, 1.54) is 4.90 Å². The standard InChI is InChI=1S/C18H20F2N4O2/c1-10-3-5-24(10)17-13(7-21)15-12(2-4-18(15,19)20)16(22-17)23-8-11(9-23)6-14(25)26/h10-11H,2-6,8-9H2,1H3,(H,25,26)/t10-/m0/s1/i1D3. The fourth-order valence-corrected chi connectivity index (χ4v) is 3.98. The van der Waals surface area contributed by atoms with Gasteiger partial charge in [0.15, 0.2) is 0 Å². The molecule has 2 saturated heterocycles. The summed E-state index contributed by atoms with van der Waals surface area (Å²) in [6, 6.07) is 0.984. The van der Waals surface area contributed by atoms with E-state index in [2.05, 4.69) is 4.98 Å². The number of hydrogen-bond acceptors (Lipinski definition) is 5. The van der Waals surface area contributed by atoms with Crippen molar-refractivity contribution >= 4 is 17.6 Å². The molecule has 2 fully saturated rings. The maximum atomic E-state index is 14.7. The summed E-state index contributed by atoms with van der Waals surface area (Å²) in [6.07, 6.45) is 0.00809. The van der Waals surface area contributed by atoms with Crippen molar-refractivity contribution in [3.05, 3.63) is 16.7 Å². The molecule has 26 heavy (non-hydrogen) atoms. The van der Waals surface area contributed by atoms with Crippen molar-refractivity contribution in [3.8, 4) is 6.07 Å². The first-order valence-electron chi connectivity index (χ1n) is 10.1. The Morgan fingerprint density at radius 2 is 2.27 bits per heavy atom. The van der Waals surface area contributed by atoms with Gasteiger partial charge in [0.2, 0.25) is 0 Å². The SMILES string of the molecule is [2H]C([2H])([2H])[C@H]1CCN1c1nc(N2CC(CC(=O)O)C2)c2c(c1C#N)C(F)(F)CC2. The van der Waals surface area contributed by atoms with Crippen molar-refractivity contribution in [3.63, 3.8) is 0 Å². The van der Waals surface area contributed by atoms with Crippen LogP contribution in [0.5, 0.6) is 0 Å². The van der Waals surface area contributed by atoms with Crippen molar-refractivity contribution in [2.75, 3.05) is 29.4 Å². The van der Waals surface area contributed by atoms with Crippen LogP contribution in [0.4, 0.5) is 20.4 Å². The zero-order valence-electron chi connectivity index (χ0n) is 17.0. The van der Waals surface area contributed by atoms with Crippen LogP contribution in [0.1, 0.15) is 46.9 Å². The van der Waals surface area contributed by atoms with E-state index in [4.69, 9.17) is 9.22 Å². The third-order valence-corrected chi connectivity index (χ3v) is 5.44. The second-order valence-corrected chi connectivity index (χ2v) is 7.17. The quantitative estimate of drug-likeness (QED) is 0.883. The number of carboxylic acids is 1. The highest BCUT2D eigenvalue weighted by atomic mass is 19.3. The van der Waals surface area contributed by atoms with E-state index in [0.717, 1.165) is 0 Å². The van der Waals surface area contributed by atoms with Gasteiger partial charge in [-0.1, -0.05) is 0 Å². The molecule has 2 aliphatic heterocycles. The topological polar surface area (TPSA) is 80.5 Å². The average Bonchev–Trinajstić information content (AvgIpc) is 2.83. The van der Waals surface area contributed by atoms with Gasteiger partial charge in [-0.25, -0.2) is 13.8 Å². The van der Waals surface area contributed by atoms with Crippen molar-refractivity contribution < 1.29 is 22.8 Å². The van der Waals surface area contributed by atoms with E-state index in [-0.39, 0.29) is 35.7 Å². The van der Waals surface area contributed by atoms with Gasteiger partial charge in [-0.05, 0) is 19.7 Å². The molecule has 0 amide bonds. The number of pyridine rings is 1. The third kappa shape index (κ3) is 2.49. The number of nitriles is 1. The predicted octanol–water partition coefficient (Wildman–Crippen LogP) is 2.50. The van der Waals surface area contributed by atoms with Crippen LogP contribution in [-0.2, 0) is 17.1 Å². The molecule has 0 saturated carbocycles. The maximum absolute atomic E-state index is 14.7. The van der Waals surface area contributed by atoms with Gasteiger partial charge in [-0.3, -0.25) is 4.79 Å². The second-order valence-electron chi connectivity index (χ2n) is 7.17. The van der Waals surface area contributed by atoms with Crippen LogP contribution >= 0.6 is 0 Å². The minimum absolute atomic E-state index is 0.00288. The Bertz CT molecular complexity index is 910. The molecule has 3 aliphatic rings. The zero-order valence-corrected chi connectivity index (χ0v) is 14.0. The third-order valence-electron chi connectivity index (χ3n) is 5.44. The van der Waals surface area contributed by atoms with E-state index >= 15 is 0 Å². The van der Waals surface area contributed by atoms with Crippen LogP contribution < -0.4 is 9.80 Å². The van der Waals surface area contributed by atoms with Crippen LogP contribution in [0, 0.1) is 17.2 Å². The summed E-state index contributed by atoms with van der Waals surface area (Å²) in [7, 11) is 0. The minimum atomic E-state index is -3.18. The fraction of sp³-hybridized carbons (Fsp3) is 0.611. The number of hydrogen-bond donors (Lipinski definition) is 1. The molecule has 1 aromatic rings. The fourth-order valence-electron chi connectivity index (χ4n) is 3.98. The Balaban J connectivity index is 1.77. The molecule has 0 bridgehead atoms. The van der Waals surface area contributed by atoms with Crippen molar-refractivity contribution in [2.24, 2.45) is 5.92 Å². The molecule has 4 rings (SSSR count). The summed E-state index contributed by atoms with van der Waals surface area (Å²) in [4.78, 5) is 18.6. The Hall–Kier alpha value is -2.43. The minimum Gasteiger partial charge on any atom is -0.481 e. The number of carboxylic acid groups (broad SMARTS) is 1. The average molecular weight is 365 g/mol. The summed E-state index contributed by atoms with van der Waals surface area (Å²) in [5.41, 5.74) is -0.282. The summed E-state index contributed by atoms with van der Waals surface area (Å²) in [6.45, 7) is -1.22. The molecule has 0 aromatic carbocycles. The summed E-state index contributed by atoms with van der Waals surface area (Å²) >= 11 is 0. The van der Waals surface area contributed by atoms with Gasteiger partial charge < -0.3 is 14.9 Å². The molecule has 0 unspecified atom stereocenters. The van der Waals surface area contributed by atoms with Gasteiger partial charge in [-0.2, -0.15) is 5.26 Å². The number of rotatable bonds is 4. The van der Waals surface area contributed by atoms with Gasteiger partial charge in [0.05, 0.1) is 6.42 Å². The highest BCUT2D eigenvalue weighted by Crippen LogP contribution is 2.49. The van der Waals surface area contributed by atoms with E-state index in [9.17, 15) is 18.8 Å². The molecule has 138 valence electrons. The van der Waals surface area contributed by atoms with Crippen molar-refractivity contribution in [2.45, 2.75) is 44.5 Å². The van der Waals surface area contributed by atoms with Gasteiger partial charge in [0.1, 0.15) is 23.3 Å². The second kappa shape index (κ2) is 5.79. The maximum Gasteiger partial charge on any atom is 0.303 e. The number of aliphatic carboxylic acids is 1. The molecule has 1 aliphatic carbocycles. The summed E-state index contributed by atoms with van der Waals surface area (Å²) in [5.74, 6) is -3.87. The Labute approximate surface area is 154 Å². The van der Waals surface area contributed by atoms with Crippen molar-refractivity contribution in [1.29, 1.82) is 5.26 Å². The van der Waals surface area contributed by atoms with E-state index in [0.29, 0.717) is 37.4 Å². The zero-order chi connectivity index (χ0) is 21.1. The first-order valence-corrected chi connectivity index (χ1v) is 8.61. The van der Waals surface area contributed by atoms with Crippen LogP contribution in [0.25, 0.3) is 0 Å². The lowest BCUT2D eigenvalue weighted by atomic mass is 9.94. The van der Waals surface area contributed by atoms with Gasteiger partial charge >= 0.3 is 5.97 Å². The number of carbonyl (C=O) groups is 1. The Morgan fingerprint density at radius 1 is 1.50 bits per heavy atom. The number of nitrogens with zero attached hydrogens (tertiary/aromatic N) is 4. The molecule has 1 N–H and O–H groups in total. The van der Waals surface area contributed by atoms with Crippen LogP contribution in [0.3, 0.4) is 0 Å². The smallest absolute Gasteiger partial charge is 0.303 e. The Morgan fingerprint density at radius 3 is 2.85 bits per heavy atom. The number of fused-ring (bicyclic) bond motifs is 1. The number of anilines is 2. The van der Waals surface area contributed by atoms with E-state index in [1.54, 1.807) is 4.90 Å². The molecule has 0 spiro atoms. The number of aromatic nitrogens is 1. The summed E-state index contributed by atoms with van der Waals surface area (Å²) in [5, 5.41) is 18.6. The first kappa shape index (κ1) is 13.7. The molecular weight excluding hydrogens is 342 g/mol. The lowest BCUT2D eigenvalue weighted by molar-refractivity contribution is -0.138. The van der Waals surface area contributed by atoms with Gasteiger partial charge in [0, 0.05) is 53.3 Å². The Kier molecular flexibility index (Phi) is 3.06. The highest BCUT2D eigenvalue weighted by molar-refractivity contribution is 5.71. The normalized spacial score (nSPS) is 26.0. The number of alkyl halides is 2. The van der Waals surface area contributed by atoms with Gasteiger partial charge in [-0.15, -0.1) is 0 Å². The van der Waals surface area contributed by atoms with E-state index < -0.39 is 31.2 Å². The van der Waals surface area contributed by atoms with Crippen molar-refractivity contribution in [1.82, 2.24) is 4.98 Å². The molecule has 0 radical (unpaired) electrons. The highest BCUT2D eigenvalue weighted by Gasteiger charge is 2.47. The largest absolute Gasteiger partial charge is 0.481 e. The molecule has 6 nitrogen and oxygen atoms in total. The molecular formula is C18H20F2N4O2. The number of halogens is 2. The first-order chi connectivity index (χ1) is 13.5. The molecule has 3 heterocycles. The lowest BCUT2D eigenvalue weighted by Crippen LogP contribution is -2.50. The molecule has 8 heteroatoms. The van der Waals surface area contributed by atoms with E-state index in [1.807, 2.05) is 6.07 Å². The summed E-state index contributed by atoms with van der Waals surface area (Å²) < 4.78 is 52.4. The molecule has 1 atom stereocenters. The van der Waals surface area contributed by atoms with Crippen LogP contribution in [0.2, 0.25) is 0 Å². The van der Waals surface area contributed by atoms with Gasteiger partial charge in [0.25, 0.3) is 5.92 Å². The monoisotopic (exact) mass is 365 g/mol. The van der Waals surface area contributed by atoms with Crippen LogP contribution in [0.15, 0.2) is 0 Å². The predicted molar refractivity (Wildman–Crippen MR) is 90.5 cm³/mol.